The number of nitrogens with zero attached hydrogens (tertiary/aromatic N) is 10. The van der Waals surface area contributed by atoms with Crippen molar-refractivity contribution in [3.63, 3.8) is 0 Å². The Morgan fingerprint density at radius 2 is 0.594 bits per heavy atom. The highest BCUT2D eigenvalue weighted by Gasteiger charge is 2.39. The molecule has 0 saturated carbocycles. The van der Waals surface area contributed by atoms with Gasteiger partial charge in [-0.2, -0.15) is 0 Å². The van der Waals surface area contributed by atoms with Crippen LogP contribution in [0.25, 0.3) is 275 Å². The van der Waals surface area contributed by atoms with E-state index < -0.39 is 0 Å². The minimum Gasteiger partial charge on any atom is -0.456 e. The molecule has 0 N–H and O–H groups in total. The van der Waals surface area contributed by atoms with Crippen molar-refractivity contribution in [3.05, 3.63) is 460 Å². The van der Waals surface area contributed by atoms with Gasteiger partial charge in [0.2, 0.25) is 17.8 Å². The lowest BCUT2D eigenvalue weighted by Crippen LogP contribution is -2.15. The molecule has 670 valence electrons. The smallest absolute Gasteiger partial charge is 0.235 e. The van der Waals surface area contributed by atoms with Crippen molar-refractivity contribution in [1.82, 2.24) is 48.2 Å². The number of para-hydroxylation sites is 8. The lowest BCUT2D eigenvalue weighted by molar-refractivity contribution is 0.666. The van der Waals surface area contributed by atoms with Crippen LogP contribution < -0.4 is 0 Å². The zero-order valence-corrected chi connectivity index (χ0v) is 78.1. The Kier molecular flexibility index (Phi) is 18.3. The highest BCUT2D eigenvalue weighted by Crippen LogP contribution is 2.55. The molecule has 0 radical (unpaired) electrons. The highest BCUT2D eigenvalue weighted by atomic mass is 32.1. The molecule has 0 amide bonds. The molecule has 143 heavy (non-hydrogen) atoms. The first kappa shape index (κ1) is 81.4. The molecule has 31 rings (SSSR count). The van der Waals surface area contributed by atoms with E-state index in [1.54, 1.807) is 0 Å². The molecule has 0 unspecified atom stereocenters. The van der Waals surface area contributed by atoms with Gasteiger partial charge in [-0.1, -0.05) is 323 Å². The van der Waals surface area contributed by atoms with Gasteiger partial charge in [0.25, 0.3) is 0 Å². The topological polar surface area (TPSA) is 136 Å². The number of hydrogen-bond donors (Lipinski definition) is 0. The molecule has 0 saturated heterocycles. The normalized spacial score (nSPS) is 12.5. The van der Waals surface area contributed by atoms with E-state index in [9.17, 15) is 0 Å². The first-order valence-corrected chi connectivity index (χ1v) is 49.1. The molecule has 0 bridgehead atoms. The quantitative estimate of drug-likeness (QED) is 0.131. The lowest BCUT2D eigenvalue weighted by Gasteiger charge is -2.22. The van der Waals surface area contributed by atoms with Gasteiger partial charge in [0.05, 0.1) is 78.3 Å². The summed E-state index contributed by atoms with van der Waals surface area (Å²) in [5.41, 5.74) is 31.7. The molecule has 0 aliphatic heterocycles. The Labute approximate surface area is 821 Å². The van der Waals surface area contributed by atoms with E-state index in [4.69, 9.17) is 43.2 Å². The predicted octanol–water partition coefficient (Wildman–Crippen LogP) is 34.2. The van der Waals surface area contributed by atoms with Crippen LogP contribution in [-0.4, -0.2) is 48.2 Å². The van der Waals surface area contributed by atoms with Gasteiger partial charge in [-0.05, 0) is 162 Å². The van der Waals surface area contributed by atoms with Crippen LogP contribution >= 0.6 is 11.3 Å². The summed E-state index contributed by atoms with van der Waals surface area (Å²) in [7, 11) is 0. The van der Waals surface area contributed by atoms with Gasteiger partial charge in [0.1, 0.15) is 33.5 Å². The minimum atomic E-state index is -0.156. The van der Waals surface area contributed by atoms with Crippen molar-refractivity contribution in [2.75, 3.05) is 0 Å². The Balaban J connectivity index is 0.000000102. The van der Waals surface area contributed by atoms with Crippen molar-refractivity contribution >= 4 is 185 Å². The van der Waals surface area contributed by atoms with Crippen LogP contribution in [0.4, 0.5) is 0 Å². The monoisotopic (exact) mass is 1850 g/mol. The Morgan fingerprint density at radius 1 is 0.217 bits per heavy atom. The van der Waals surface area contributed by atoms with Gasteiger partial charge in [-0.3, -0.25) is 13.7 Å². The number of furan rings is 3. The fourth-order valence-corrected chi connectivity index (χ4v) is 23.9. The van der Waals surface area contributed by atoms with Crippen molar-refractivity contribution in [2.45, 2.75) is 19.3 Å². The van der Waals surface area contributed by atoms with Gasteiger partial charge in [0, 0.05) is 140 Å². The molecule has 14 heteroatoms. The van der Waals surface area contributed by atoms with Gasteiger partial charge in [-0.25, -0.2) is 29.9 Å². The van der Waals surface area contributed by atoms with E-state index in [-0.39, 0.29) is 5.41 Å². The van der Waals surface area contributed by atoms with Gasteiger partial charge < -0.3 is 17.8 Å². The summed E-state index contributed by atoms with van der Waals surface area (Å²) < 4.78 is 30.3. The van der Waals surface area contributed by atoms with E-state index in [1.807, 2.05) is 90.2 Å². The number of rotatable bonds is 10. The Hall–Kier alpha value is -18.8. The second-order valence-corrected chi connectivity index (χ2v) is 38.4. The first-order valence-electron chi connectivity index (χ1n) is 48.3. The Bertz CT molecular complexity index is 10500. The molecule has 0 fully saturated rings. The van der Waals surface area contributed by atoms with Gasteiger partial charge in [-0.15, -0.1) is 11.3 Å². The molecular weight excluding hydrogens is 1770 g/mol. The molecule has 11 aromatic heterocycles. The van der Waals surface area contributed by atoms with E-state index in [0.29, 0.717) is 17.8 Å². The molecule has 11 heterocycles. The van der Waals surface area contributed by atoms with Crippen LogP contribution in [0.3, 0.4) is 0 Å². The van der Waals surface area contributed by atoms with Crippen LogP contribution in [0.2, 0.25) is 0 Å². The first-order chi connectivity index (χ1) is 70.7. The van der Waals surface area contributed by atoms with Crippen LogP contribution in [0, 0.1) is 0 Å². The van der Waals surface area contributed by atoms with Crippen LogP contribution in [0.1, 0.15) is 25.0 Å². The summed E-state index contributed by atoms with van der Waals surface area (Å²) >= 11 is 1.85. The van der Waals surface area contributed by atoms with E-state index >= 15 is 0 Å². The minimum absolute atomic E-state index is 0.156. The highest BCUT2D eigenvalue weighted by molar-refractivity contribution is 7.26. The zero-order chi connectivity index (χ0) is 94.2. The fourth-order valence-electron chi connectivity index (χ4n) is 22.6. The maximum Gasteiger partial charge on any atom is 0.235 e. The fraction of sp³-hybridized carbons (Fsp3) is 0.0233. The van der Waals surface area contributed by atoms with E-state index in [1.165, 1.54) is 91.2 Å². The molecule has 19 aromatic carbocycles. The molecular formula is C129H80N10O3S. The number of benzene rings is 19. The lowest BCUT2D eigenvalue weighted by atomic mass is 9.80. The average Bonchev–Trinajstić information content (AvgIpc) is 1.54. The third kappa shape index (κ3) is 12.9. The van der Waals surface area contributed by atoms with E-state index in [2.05, 4.69) is 402 Å². The number of aromatic nitrogens is 10. The number of hydrogen-bond acceptors (Lipinski definition) is 10. The predicted molar refractivity (Wildman–Crippen MR) is 588 cm³/mol. The third-order valence-corrected chi connectivity index (χ3v) is 30.2. The second-order valence-electron chi connectivity index (χ2n) is 37.4. The molecule has 1 aliphatic rings. The van der Waals surface area contributed by atoms with Crippen molar-refractivity contribution in [3.8, 4) is 102 Å². The second kappa shape index (κ2) is 32.2. The number of thiophene rings is 1. The summed E-state index contributed by atoms with van der Waals surface area (Å²) in [5.74, 6) is 1.91. The summed E-state index contributed by atoms with van der Waals surface area (Å²) in [6.45, 7) is 4.70. The standard InChI is InChI=1S/C46H28N4O.C43H29N3O.C40H23N3OS/c1-3-13-29(14-4-1)37-28-38(30-23-26-43-36(27-30)33-18-9-12-22-42(33)51-43)48-46(47-37)50-40-21-11-8-19-35(40)44-41(50)25-24-34-32-17-7-10-20-39(32)49(45(34)44)31-15-5-2-6-16-31;1-43(2)32-19-9-6-15-27(32)28-23-24-36-40(41(28)43)30-16-7-10-20-35(30)46(36)42-44-33(26-13-4-3-5-14-26)25-34(45-42)29-18-12-22-38-39(29)31-17-8-11-21-37(31)47-38;1-2-10-24(11-3-1)31-23-32(25-18-21-36-30(22-25)26-12-5-8-16-35(26)44-36)42-40(41-31)43-33-15-7-4-14-29(33)38-34(43)20-19-28-27-13-6-9-17-37(27)45-39(28)38/h1-28H;3-25H,1-2H3;1-23H. The van der Waals surface area contributed by atoms with Gasteiger partial charge >= 0.3 is 0 Å². The van der Waals surface area contributed by atoms with Crippen LogP contribution in [0.5, 0.6) is 0 Å². The SMILES string of the molecule is CC1(C)c2ccccc2-c2ccc3c(c21)c1ccccc1n3-c1nc(-c2ccccc2)cc(-c2cccc3oc4ccccc4c23)n1.c1ccc(-c2cc(-c3ccc4oc5ccccc5c4c3)nc(-n3c4ccccc4c4c3ccc3c5ccccc5n(-c5ccccc5)c34)n2)cc1.c1ccc(-c2cc(-c3ccc4oc5ccccc5c4c3)nc(-n3c4ccccc4c4c5sc6ccccc6c5ccc43)n2)cc1. The summed E-state index contributed by atoms with van der Waals surface area (Å²) in [6, 6.07) is 157. The Morgan fingerprint density at radius 3 is 1.15 bits per heavy atom. The average molecular weight is 1850 g/mol. The summed E-state index contributed by atoms with van der Waals surface area (Å²) in [4.78, 5) is 31.9. The summed E-state index contributed by atoms with van der Waals surface area (Å²) in [5, 5.41) is 18.7. The molecule has 13 nitrogen and oxygen atoms in total. The maximum atomic E-state index is 6.29. The van der Waals surface area contributed by atoms with Crippen LogP contribution in [-0.2, 0) is 5.41 Å². The van der Waals surface area contributed by atoms with Gasteiger partial charge in [0.15, 0.2) is 0 Å². The molecule has 0 spiro atoms. The molecule has 1 aliphatic carbocycles. The largest absolute Gasteiger partial charge is 0.456 e. The van der Waals surface area contributed by atoms with Crippen LogP contribution in [0.15, 0.2) is 462 Å². The molecule has 30 aromatic rings. The number of fused-ring (bicyclic) bond motifs is 30. The third-order valence-electron chi connectivity index (χ3n) is 29.0. The maximum absolute atomic E-state index is 6.29. The summed E-state index contributed by atoms with van der Waals surface area (Å²) in [6.07, 6.45) is 0. The van der Waals surface area contributed by atoms with E-state index in [0.717, 1.165) is 178 Å². The zero-order valence-electron chi connectivity index (χ0n) is 77.3. The van der Waals surface area contributed by atoms with Crippen molar-refractivity contribution in [2.24, 2.45) is 0 Å². The van der Waals surface area contributed by atoms with Crippen molar-refractivity contribution < 1.29 is 13.3 Å². The molecule has 0 atom stereocenters. The van der Waals surface area contributed by atoms with Crippen molar-refractivity contribution in [1.29, 1.82) is 0 Å².